The summed E-state index contributed by atoms with van der Waals surface area (Å²) < 4.78 is 24.8. The van der Waals surface area contributed by atoms with E-state index in [2.05, 4.69) is 25.7 Å². The molecule has 0 radical (unpaired) electrons. The number of likely N-dealkylation sites (N-methyl/N-ethyl adjacent to an activating group) is 1. The van der Waals surface area contributed by atoms with Crippen LogP contribution in [0.5, 0.6) is 0 Å². The van der Waals surface area contributed by atoms with E-state index < -0.39 is 53.2 Å². The van der Waals surface area contributed by atoms with Gasteiger partial charge in [-0.25, -0.2) is 0 Å². The number of hydrogen-bond acceptors (Lipinski definition) is 9. The Bertz CT molecular complexity index is 845. The summed E-state index contributed by atoms with van der Waals surface area (Å²) in [6.07, 6.45) is -1.61. The van der Waals surface area contributed by atoms with Crippen LogP contribution in [0.15, 0.2) is 0 Å². The number of nitrogens with zero attached hydrogens (tertiary/aromatic N) is 1. The van der Waals surface area contributed by atoms with Crippen molar-refractivity contribution in [2.24, 2.45) is 29.1 Å². The molecule has 0 aliphatic carbocycles. The fourth-order valence-electron chi connectivity index (χ4n) is 7.09. The fraction of sp³-hybridized carbons (Fsp3) is 0.935. The number of carbonyl (C=O) groups is 2. The van der Waals surface area contributed by atoms with Crippen LogP contribution in [0.25, 0.3) is 0 Å². The second-order valence-corrected chi connectivity index (χ2v) is 13.7. The maximum Gasteiger partial charge on any atom is 0.309 e. The van der Waals surface area contributed by atoms with Gasteiger partial charge < -0.3 is 34.1 Å². The molecule has 0 aromatic carbocycles. The summed E-state index contributed by atoms with van der Waals surface area (Å²) in [6.45, 7) is 16.8. The number of aliphatic hydroxyl groups excluding tert-OH is 1. The van der Waals surface area contributed by atoms with E-state index in [4.69, 9.17) is 18.9 Å². The van der Waals surface area contributed by atoms with Crippen LogP contribution in [0.3, 0.4) is 0 Å². The van der Waals surface area contributed by atoms with Crippen molar-refractivity contribution < 1.29 is 38.7 Å². The molecule has 2 saturated heterocycles. The highest BCUT2D eigenvalue weighted by Crippen LogP contribution is 2.41. The van der Waals surface area contributed by atoms with Gasteiger partial charge in [-0.3, -0.25) is 9.59 Å². The Morgan fingerprint density at radius 2 is 1.62 bits per heavy atom. The quantitative estimate of drug-likeness (QED) is 0.475. The first-order chi connectivity index (χ1) is 18.4. The Balaban J connectivity index is 2.51. The molecule has 234 valence electrons. The van der Waals surface area contributed by atoms with Crippen LogP contribution in [-0.4, -0.2) is 96.5 Å². The number of aliphatic hydroxyl groups is 2. The largest absolute Gasteiger partial charge is 0.459 e. The van der Waals surface area contributed by atoms with Gasteiger partial charge in [0, 0.05) is 25.0 Å². The molecule has 2 rings (SSSR count). The minimum absolute atomic E-state index is 0.0313. The monoisotopic (exact) mass is 571 g/mol. The Labute approximate surface area is 242 Å². The van der Waals surface area contributed by atoms with E-state index in [-0.39, 0.29) is 36.1 Å². The number of methoxy groups -OCH3 is 1. The van der Waals surface area contributed by atoms with E-state index in [0.717, 1.165) is 6.42 Å². The molecule has 2 aliphatic rings. The van der Waals surface area contributed by atoms with Crippen molar-refractivity contribution in [1.29, 1.82) is 0 Å². The van der Waals surface area contributed by atoms with Crippen molar-refractivity contribution >= 4 is 11.8 Å². The minimum atomic E-state index is -1.77. The van der Waals surface area contributed by atoms with Crippen LogP contribution >= 0.6 is 0 Å². The standard InChI is InChI=1S/C31H57NO8/c1-13-23-31(9,36)26(34)21(6)24(33)19(4)16-30(7,8)27(17(2)14-18(3)28(35)39-23)40-29-25(37-12)22(32(10)11)15-20(5)38-29/h17-23,25-27,29,34,36H,13-16H2,1-12H3/t17?,18?,19?,20?,21?,22?,23-,25?,26?,27?,29?,31?/m1/s1. The molecule has 0 aromatic heterocycles. The topological polar surface area (TPSA) is 115 Å². The van der Waals surface area contributed by atoms with Gasteiger partial charge >= 0.3 is 5.97 Å². The molecule has 2 fully saturated rings. The lowest BCUT2D eigenvalue weighted by Crippen LogP contribution is -2.57. The molecule has 0 amide bonds. The van der Waals surface area contributed by atoms with E-state index in [1.54, 1.807) is 21.0 Å². The number of esters is 1. The van der Waals surface area contributed by atoms with Crippen LogP contribution in [0.2, 0.25) is 0 Å². The zero-order valence-corrected chi connectivity index (χ0v) is 27.0. The first kappa shape index (κ1) is 35.1. The number of rotatable bonds is 5. The van der Waals surface area contributed by atoms with Crippen molar-refractivity contribution in [3.05, 3.63) is 0 Å². The van der Waals surface area contributed by atoms with E-state index in [1.807, 2.05) is 34.9 Å². The molecule has 2 heterocycles. The van der Waals surface area contributed by atoms with E-state index in [1.165, 1.54) is 6.92 Å². The molecule has 2 aliphatic heterocycles. The second-order valence-electron chi connectivity index (χ2n) is 13.7. The first-order valence-electron chi connectivity index (χ1n) is 15.0. The number of carbonyl (C=O) groups excluding carboxylic acids is 2. The van der Waals surface area contributed by atoms with Crippen LogP contribution in [0.1, 0.15) is 88.0 Å². The van der Waals surface area contributed by atoms with Gasteiger partial charge in [-0.1, -0.05) is 48.5 Å². The normalized spacial score (nSPS) is 44.2. The maximum absolute atomic E-state index is 13.6. The van der Waals surface area contributed by atoms with E-state index in [9.17, 15) is 19.8 Å². The predicted octanol–water partition coefficient (Wildman–Crippen LogP) is 3.82. The number of cyclic esters (lactones) is 1. The zero-order chi connectivity index (χ0) is 30.7. The van der Waals surface area contributed by atoms with Crippen molar-refractivity contribution in [2.45, 2.75) is 136 Å². The van der Waals surface area contributed by atoms with Crippen molar-refractivity contribution in [3.8, 4) is 0 Å². The SMILES string of the molecule is CC[C@H]1OC(=O)C(C)CC(C)C(OC2OC(C)CC(N(C)C)C2OC)C(C)(C)CC(C)C(=O)C(C)C(O)C1(C)O. The Hall–Kier alpha value is -1.10. The lowest BCUT2D eigenvalue weighted by Gasteiger charge is -2.47. The predicted molar refractivity (Wildman–Crippen MR) is 154 cm³/mol. The van der Waals surface area contributed by atoms with E-state index >= 15 is 0 Å². The Morgan fingerprint density at radius 1 is 1.02 bits per heavy atom. The summed E-state index contributed by atoms with van der Waals surface area (Å²) in [5.74, 6) is -2.43. The third-order valence-electron chi connectivity index (χ3n) is 9.34. The van der Waals surface area contributed by atoms with Gasteiger partial charge in [0.05, 0.1) is 24.2 Å². The van der Waals surface area contributed by atoms with E-state index in [0.29, 0.717) is 19.3 Å². The summed E-state index contributed by atoms with van der Waals surface area (Å²) in [5.41, 5.74) is -2.28. The second kappa shape index (κ2) is 13.9. The maximum atomic E-state index is 13.6. The highest BCUT2D eigenvalue weighted by molar-refractivity contribution is 5.83. The molecule has 9 heteroatoms. The van der Waals surface area contributed by atoms with Crippen LogP contribution in [0.4, 0.5) is 0 Å². The van der Waals surface area contributed by atoms with Gasteiger partial charge in [0.25, 0.3) is 0 Å². The van der Waals surface area contributed by atoms with Gasteiger partial charge in [-0.2, -0.15) is 0 Å². The zero-order valence-electron chi connectivity index (χ0n) is 27.0. The molecule has 12 atom stereocenters. The highest BCUT2D eigenvalue weighted by atomic mass is 16.7. The lowest BCUT2D eigenvalue weighted by molar-refractivity contribution is -0.291. The lowest BCUT2D eigenvalue weighted by atomic mass is 9.70. The molecule has 40 heavy (non-hydrogen) atoms. The Morgan fingerprint density at radius 3 is 2.15 bits per heavy atom. The van der Waals surface area contributed by atoms with Crippen LogP contribution in [-0.2, 0) is 28.5 Å². The number of ether oxygens (including phenoxy) is 4. The molecular formula is C31H57NO8. The van der Waals surface area contributed by atoms with Gasteiger partial charge in [-0.15, -0.1) is 0 Å². The molecule has 11 unspecified atom stereocenters. The average Bonchev–Trinajstić information content (AvgIpc) is 2.86. The molecule has 0 saturated carbocycles. The molecular weight excluding hydrogens is 514 g/mol. The van der Waals surface area contributed by atoms with Crippen molar-refractivity contribution in [1.82, 2.24) is 4.90 Å². The van der Waals surface area contributed by atoms with Gasteiger partial charge in [0.1, 0.15) is 23.6 Å². The van der Waals surface area contributed by atoms with Gasteiger partial charge in [-0.05, 0) is 65.0 Å². The fourth-order valence-corrected chi connectivity index (χ4v) is 7.09. The molecule has 2 N–H and O–H groups in total. The van der Waals surface area contributed by atoms with Gasteiger partial charge in [0.15, 0.2) is 6.29 Å². The highest BCUT2D eigenvalue weighted by Gasteiger charge is 2.49. The van der Waals surface area contributed by atoms with Crippen LogP contribution < -0.4 is 0 Å². The van der Waals surface area contributed by atoms with Gasteiger partial charge in [0.2, 0.25) is 0 Å². The summed E-state index contributed by atoms with van der Waals surface area (Å²) >= 11 is 0. The third-order valence-corrected chi connectivity index (χ3v) is 9.34. The van der Waals surface area contributed by atoms with Crippen LogP contribution in [0, 0.1) is 29.1 Å². The molecule has 9 nitrogen and oxygen atoms in total. The summed E-state index contributed by atoms with van der Waals surface area (Å²) in [6, 6.07) is 0.103. The Kier molecular flexibility index (Phi) is 12.2. The van der Waals surface area contributed by atoms with Crippen molar-refractivity contribution in [2.75, 3.05) is 21.2 Å². The summed E-state index contributed by atoms with van der Waals surface area (Å²) in [4.78, 5) is 29.0. The summed E-state index contributed by atoms with van der Waals surface area (Å²) in [5, 5.41) is 22.4. The van der Waals surface area contributed by atoms with Crippen molar-refractivity contribution in [3.63, 3.8) is 0 Å². The average molecular weight is 572 g/mol. The minimum Gasteiger partial charge on any atom is -0.459 e. The summed E-state index contributed by atoms with van der Waals surface area (Å²) in [7, 11) is 5.72. The molecule has 0 spiro atoms. The smallest absolute Gasteiger partial charge is 0.309 e. The number of Topliss-reactive ketones (excluding diaryl/α,β-unsaturated/α-hetero) is 1. The first-order valence-corrected chi connectivity index (χ1v) is 15.0. The number of ketones is 1. The molecule has 0 bridgehead atoms. The number of hydrogen-bond donors (Lipinski definition) is 2. The third kappa shape index (κ3) is 7.84. The molecule has 0 aromatic rings.